The van der Waals surface area contributed by atoms with E-state index in [0.29, 0.717) is 15.6 Å². The quantitative estimate of drug-likeness (QED) is 0.491. The van der Waals surface area contributed by atoms with Crippen LogP contribution in [0, 0.1) is 0 Å². The molecule has 0 fully saturated rings. The molecule has 0 saturated heterocycles. The molecule has 0 saturated carbocycles. The van der Waals surface area contributed by atoms with Gasteiger partial charge in [0, 0.05) is 21.5 Å². The Kier molecular flexibility index (Phi) is 5.55. The third-order valence-electron chi connectivity index (χ3n) is 2.18. The molecule has 0 heterocycles. The normalized spacial score (nSPS) is 13.9. The Hall–Kier alpha value is -0.970. The molecule has 5 nitrogen and oxygen atoms in total. The lowest BCUT2D eigenvalue weighted by molar-refractivity contribution is 0.0150. The number of halogens is 2. The van der Waals surface area contributed by atoms with Crippen LogP contribution in [0.25, 0.3) is 10.4 Å². The standard InChI is InChI=1S/C10H11Cl2N3O2/c11-7-3-6(4-8(12)5-7)10(17)9(16)1-2-14-15-13/h3-5,9-10,16-17H,1-2H2. The Morgan fingerprint density at radius 1 is 1.24 bits per heavy atom. The summed E-state index contributed by atoms with van der Waals surface area (Å²) in [5, 5.41) is 23.5. The van der Waals surface area contributed by atoms with E-state index >= 15 is 0 Å². The van der Waals surface area contributed by atoms with Gasteiger partial charge >= 0.3 is 0 Å². The molecule has 2 N–H and O–H groups in total. The van der Waals surface area contributed by atoms with Gasteiger partial charge in [-0.3, -0.25) is 0 Å². The zero-order valence-corrected chi connectivity index (χ0v) is 10.3. The second-order valence-corrected chi connectivity index (χ2v) is 4.33. The molecule has 1 aromatic rings. The predicted octanol–water partition coefficient (Wildman–Crippen LogP) is 3.09. The van der Waals surface area contributed by atoms with Gasteiger partial charge in [-0.15, -0.1) is 0 Å². The fourth-order valence-corrected chi connectivity index (χ4v) is 1.90. The lowest BCUT2D eigenvalue weighted by Crippen LogP contribution is -2.19. The second-order valence-electron chi connectivity index (χ2n) is 3.46. The summed E-state index contributed by atoms with van der Waals surface area (Å²) in [5.74, 6) is 0. The first-order valence-corrected chi connectivity index (χ1v) is 5.63. The van der Waals surface area contributed by atoms with Crippen molar-refractivity contribution in [1.82, 2.24) is 0 Å². The molecule has 1 rings (SSSR count). The fourth-order valence-electron chi connectivity index (χ4n) is 1.36. The predicted molar refractivity (Wildman–Crippen MR) is 66.1 cm³/mol. The summed E-state index contributed by atoms with van der Waals surface area (Å²) in [6.45, 7) is 0.114. The average molecular weight is 276 g/mol. The van der Waals surface area contributed by atoms with Crippen LogP contribution in [-0.2, 0) is 0 Å². The average Bonchev–Trinajstić information content (AvgIpc) is 2.27. The molecule has 0 aliphatic carbocycles. The number of nitrogens with zero attached hydrogens (tertiary/aromatic N) is 3. The van der Waals surface area contributed by atoms with E-state index in [9.17, 15) is 10.2 Å². The van der Waals surface area contributed by atoms with Crippen LogP contribution in [0.3, 0.4) is 0 Å². The number of aliphatic hydroxyl groups is 2. The van der Waals surface area contributed by atoms with Crippen LogP contribution in [0.1, 0.15) is 18.1 Å². The van der Waals surface area contributed by atoms with Gasteiger partial charge in [-0.2, -0.15) is 0 Å². The summed E-state index contributed by atoms with van der Waals surface area (Å²) in [7, 11) is 0. The zero-order chi connectivity index (χ0) is 12.8. The van der Waals surface area contributed by atoms with E-state index in [2.05, 4.69) is 10.0 Å². The van der Waals surface area contributed by atoms with Crippen LogP contribution in [0.5, 0.6) is 0 Å². The van der Waals surface area contributed by atoms with Crippen LogP contribution >= 0.6 is 23.2 Å². The van der Waals surface area contributed by atoms with Crippen molar-refractivity contribution in [2.45, 2.75) is 18.6 Å². The largest absolute Gasteiger partial charge is 0.390 e. The first-order chi connectivity index (χ1) is 8.04. The Balaban J connectivity index is 2.73. The van der Waals surface area contributed by atoms with Gasteiger partial charge in [0.2, 0.25) is 0 Å². The highest BCUT2D eigenvalue weighted by Gasteiger charge is 2.18. The summed E-state index contributed by atoms with van der Waals surface area (Å²) in [6.07, 6.45) is -1.98. The van der Waals surface area contributed by atoms with Crippen molar-refractivity contribution in [3.8, 4) is 0 Å². The molecular formula is C10H11Cl2N3O2. The smallest absolute Gasteiger partial charge is 0.105 e. The lowest BCUT2D eigenvalue weighted by Gasteiger charge is -2.17. The van der Waals surface area contributed by atoms with E-state index in [1.165, 1.54) is 18.2 Å². The maximum atomic E-state index is 9.84. The molecule has 0 spiro atoms. The molecule has 0 aromatic heterocycles. The van der Waals surface area contributed by atoms with E-state index in [0.717, 1.165) is 0 Å². The lowest BCUT2D eigenvalue weighted by atomic mass is 10.0. The molecule has 1 aromatic carbocycles. The maximum absolute atomic E-state index is 9.84. The molecule has 0 radical (unpaired) electrons. The van der Waals surface area contributed by atoms with Crippen molar-refractivity contribution in [3.63, 3.8) is 0 Å². The number of hydrogen-bond donors (Lipinski definition) is 2. The Labute approximate surface area is 108 Å². The van der Waals surface area contributed by atoms with E-state index in [-0.39, 0.29) is 13.0 Å². The van der Waals surface area contributed by atoms with Gasteiger partial charge in [0.05, 0.1) is 6.10 Å². The molecular weight excluding hydrogens is 265 g/mol. The summed E-state index contributed by atoms with van der Waals surface area (Å²) in [4.78, 5) is 2.56. The summed E-state index contributed by atoms with van der Waals surface area (Å²) < 4.78 is 0. The van der Waals surface area contributed by atoms with E-state index in [4.69, 9.17) is 28.7 Å². The van der Waals surface area contributed by atoms with Gasteiger partial charge < -0.3 is 10.2 Å². The minimum atomic E-state index is -1.11. The second kappa shape index (κ2) is 6.69. The SMILES string of the molecule is [N-]=[N+]=NCCC(O)C(O)c1cc(Cl)cc(Cl)c1. The molecule has 2 atom stereocenters. The Morgan fingerprint density at radius 2 is 1.82 bits per heavy atom. The zero-order valence-electron chi connectivity index (χ0n) is 8.79. The topological polar surface area (TPSA) is 89.2 Å². The molecule has 7 heteroatoms. The monoisotopic (exact) mass is 275 g/mol. The number of rotatable bonds is 5. The summed E-state index contributed by atoms with van der Waals surface area (Å²) in [6, 6.07) is 4.58. The first kappa shape index (κ1) is 14.1. The van der Waals surface area contributed by atoms with E-state index in [1.54, 1.807) is 0 Å². The molecule has 17 heavy (non-hydrogen) atoms. The molecule has 0 aliphatic rings. The minimum absolute atomic E-state index is 0.114. The van der Waals surface area contributed by atoms with Crippen LogP contribution < -0.4 is 0 Å². The van der Waals surface area contributed by atoms with Crippen LogP contribution in [-0.4, -0.2) is 22.9 Å². The third-order valence-corrected chi connectivity index (χ3v) is 2.62. The van der Waals surface area contributed by atoms with Gasteiger partial charge in [0.25, 0.3) is 0 Å². The minimum Gasteiger partial charge on any atom is -0.390 e. The van der Waals surface area contributed by atoms with Crippen molar-refractivity contribution in [3.05, 3.63) is 44.3 Å². The van der Waals surface area contributed by atoms with Crippen molar-refractivity contribution in [2.75, 3.05) is 6.54 Å². The van der Waals surface area contributed by atoms with Crippen molar-refractivity contribution in [1.29, 1.82) is 0 Å². The Morgan fingerprint density at radius 3 is 2.35 bits per heavy atom. The van der Waals surface area contributed by atoms with Crippen LogP contribution in [0.4, 0.5) is 0 Å². The van der Waals surface area contributed by atoms with Gasteiger partial charge in [-0.1, -0.05) is 28.3 Å². The van der Waals surface area contributed by atoms with Crippen LogP contribution in [0.15, 0.2) is 23.3 Å². The van der Waals surface area contributed by atoms with E-state index in [1.807, 2.05) is 0 Å². The third kappa shape index (κ3) is 4.42. The molecule has 92 valence electrons. The van der Waals surface area contributed by atoms with Gasteiger partial charge in [0.15, 0.2) is 0 Å². The summed E-state index contributed by atoms with van der Waals surface area (Å²) in [5.41, 5.74) is 8.51. The van der Waals surface area contributed by atoms with E-state index < -0.39 is 12.2 Å². The number of azide groups is 1. The number of aliphatic hydroxyl groups excluding tert-OH is 2. The van der Waals surface area contributed by atoms with Gasteiger partial charge in [-0.25, -0.2) is 0 Å². The fraction of sp³-hybridized carbons (Fsp3) is 0.400. The van der Waals surface area contributed by atoms with Crippen molar-refractivity contribution in [2.24, 2.45) is 5.11 Å². The van der Waals surface area contributed by atoms with Gasteiger partial charge in [0.1, 0.15) is 6.10 Å². The van der Waals surface area contributed by atoms with Crippen molar-refractivity contribution < 1.29 is 10.2 Å². The molecule has 0 bridgehead atoms. The Bertz CT molecular complexity index is 415. The number of hydrogen-bond acceptors (Lipinski definition) is 3. The maximum Gasteiger partial charge on any atom is 0.105 e. The highest BCUT2D eigenvalue weighted by atomic mass is 35.5. The molecule has 2 unspecified atom stereocenters. The number of benzene rings is 1. The highest BCUT2D eigenvalue weighted by molar-refractivity contribution is 6.34. The highest BCUT2D eigenvalue weighted by Crippen LogP contribution is 2.26. The summed E-state index contributed by atoms with van der Waals surface area (Å²) >= 11 is 11.6. The van der Waals surface area contributed by atoms with Crippen LogP contribution in [0.2, 0.25) is 10.0 Å². The molecule has 0 amide bonds. The van der Waals surface area contributed by atoms with Gasteiger partial charge in [-0.05, 0) is 35.7 Å². The first-order valence-electron chi connectivity index (χ1n) is 4.87. The van der Waals surface area contributed by atoms with Crippen molar-refractivity contribution >= 4 is 23.2 Å². The molecule has 0 aliphatic heterocycles.